The second-order valence-corrected chi connectivity index (χ2v) is 11.1. The summed E-state index contributed by atoms with van der Waals surface area (Å²) in [7, 11) is 7.36. The molecule has 0 saturated carbocycles. The minimum absolute atomic E-state index is 0.0107. The summed E-state index contributed by atoms with van der Waals surface area (Å²) in [5.74, 6) is 1.54. The van der Waals surface area contributed by atoms with Crippen LogP contribution in [-0.2, 0) is 22.6 Å². The molecule has 1 amide bonds. The molecule has 0 aliphatic carbocycles. The topological polar surface area (TPSA) is 67.4 Å². The smallest absolute Gasteiger partial charge is 0.252 e. The molecular formula is C34H46N4O4. The second-order valence-electron chi connectivity index (χ2n) is 11.1. The highest BCUT2D eigenvalue weighted by molar-refractivity contribution is 5.95. The molecule has 0 bridgehead atoms. The van der Waals surface area contributed by atoms with Crippen molar-refractivity contribution < 1.29 is 19.0 Å². The lowest BCUT2D eigenvalue weighted by Gasteiger charge is -2.30. The van der Waals surface area contributed by atoms with Gasteiger partial charge >= 0.3 is 0 Å². The van der Waals surface area contributed by atoms with Gasteiger partial charge in [-0.2, -0.15) is 0 Å². The average molecular weight is 575 g/mol. The summed E-state index contributed by atoms with van der Waals surface area (Å²) in [4.78, 5) is 24.0. The lowest BCUT2D eigenvalue weighted by molar-refractivity contribution is -0.122. The molecule has 3 aromatic rings. The van der Waals surface area contributed by atoms with E-state index in [1.54, 1.807) is 14.2 Å². The number of carbonyl (C=O) groups excluding carboxylic acids is 1. The van der Waals surface area contributed by atoms with E-state index in [4.69, 9.17) is 14.2 Å². The number of benzene rings is 2. The monoisotopic (exact) mass is 574 g/mol. The first-order chi connectivity index (χ1) is 20.5. The van der Waals surface area contributed by atoms with E-state index in [1.807, 2.05) is 55.7 Å². The van der Waals surface area contributed by atoms with Gasteiger partial charge in [-0.1, -0.05) is 37.5 Å². The van der Waals surface area contributed by atoms with Crippen molar-refractivity contribution in [3.63, 3.8) is 0 Å². The Morgan fingerprint density at radius 1 is 0.929 bits per heavy atom. The number of hydrogen-bond acceptors (Lipinski definition) is 7. The van der Waals surface area contributed by atoms with Gasteiger partial charge in [0.05, 0.1) is 7.11 Å². The quantitative estimate of drug-likeness (QED) is 0.310. The Kier molecular flexibility index (Phi) is 12.2. The highest BCUT2D eigenvalue weighted by Gasteiger charge is 2.22. The van der Waals surface area contributed by atoms with Gasteiger partial charge in [0.25, 0.3) is 5.91 Å². The molecule has 4 rings (SSSR count). The van der Waals surface area contributed by atoms with Crippen LogP contribution in [0, 0.1) is 0 Å². The molecule has 0 saturated heterocycles. The summed E-state index contributed by atoms with van der Waals surface area (Å²) < 4.78 is 17.3. The predicted octanol–water partition coefficient (Wildman–Crippen LogP) is 5.64. The van der Waals surface area contributed by atoms with E-state index in [9.17, 15) is 4.79 Å². The van der Waals surface area contributed by atoms with E-state index >= 15 is 0 Å². The lowest BCUT2D eigenvalue weighted by atomic mass is 10.0. The van der Waals surface area contributed by atoms with Gasteiger partial charge in [0, 0.05) is 56.9 Å². The fourth-order valence-electron chi connectivity index (χ4n) is 5.45. The van der Waals surface area contributed by atoms with Gasteiger partial charge in [0.2, 0.25) is 0 Å². The van der Waals surface area contributed by atoms with Crippen LogP contribution in [-0.4, -0.2) is 81.9 Å². The minimum Gasteiger partial charge on any atom is -0.493 e. The summed E-state index contributed by atoms with van der Waals surface area (Å²) in [5.41, 5.74) is 5.38. The van der Waals surface area contributed by atoms with E-state index in [-0.39, 0.29) is 12.5 Å². The fourth-order valence-corrected chi connectivity index (χ4v) is 5.45. The molecule has 0 atom stereocenters. The van der Waals surface area contributed by atoms with Crippen LogP contribution < -0.4 is 14.4 Å². The van der Waals surface area contributed by atoms with Crippen molar-refractivity contribution in [2.75, 3.05) is 66.1 Å². The zero-order valence-corrected chi connectivity index (χ0v) is 25.7. The van der Waals surface area contributed by atoms with Gasteiger partial charge < -0.3 is 24.0 Å². The van der Waals surface area contributed by atoms with Gasteiger partial charge in [-0.05, 0) is 80.5 Å². The van der Waals surface area contributed by atoms with E-state index in [2.05, 4.69) is 39.0 Å². The van der Waals surface area contributed by atoms with Crippen LogP contribution in [0.25, 0.3) is 11.1 Å². The minimum atomic E-state index is -0.0107. The normalized spacial score (nSPS) is 15.0. The molecule has 1 aliphatic heterocycles. The zero-order chi connectivity index (χ0) is 29.7. The molecule has 8 heteroatoms. The Balaban J connectivity index is 1.72. The van der Waals surface area contributed by atoms with Gasteiger partial charge in [0.1, 0.15) is 13.2 Å². The number of likely N-dealkylation sites (N-methyl/N-ethyl adjacent to an activating group) is 1. The van der Waals surface area contributed by atoms with Gasteiger partial charge in [-0.15, -0.1) is 0 Å². The number of anilines is 1. The average Bonchev–Trinajstić information content (AvgIpc) is 2.99. The molecule has 2 heterocycles. The first kappa shape index (κ1) is 31.5. The number of pyridine rings is 1. The second kappa shape index (κ2) is 16.2. The first-order valence-electron chi connectivity index (χ1n) is 15.0. The molecule has 1 aliphatic rings. The van der Waals surface area contributed by atoms with Gasteiger partial charge in [-0.25, -0.2) is 0 Å². The molecule has 2 aromatic carbocycles. The fraction of sp³-hybridized carbons (Fsp3) is 0.471. The molecule has 0 unspecified atom stereocenters. The molecule has 8 nitrogen and oxygen atoms in total. The number of hydrogen-bond donors (Lipinski definition) is 0. The predicted molar refractivity (Wildman–Crippen MR) is 168 cm³/mol. The Labute approximate surface area is 251 Å². The molecule has 226 valence electrons. The van der Waals surface area contributed by atoms with Crippen molar-refractivity contribution in [3.8, 4) is 22.6 Å². The number of aromatic nitrogens is 1. The van der Waals surface area contributed by atoms with Crippen LogP contribution in [0.3, 0.4) is 0 Å². The number of amides is 1. The number of ether oxygens (including phenoxy) is 3. The van der Waals surface area contributed by atoms with Crippen LogP contribution in [0.15, 0.2) is 60.9 Å². The van der Waals surface area contributed by atoms with Gasteiger partial charge in [0.15, 0.2) is 11.5 Å². The molecule has 0 N–H and O–H groups in total. The molecule has 1 aromatic heterocycles. The Bertz CT molecular complexity index is 1270. The first-order valence-corrected chi connectivity index (χ1v) is 15.0. The van der Waals surface area contributed by atoms with Crippen molar-refractivity contribution in [1.29, 1.82) is 0 Å². The molecule has 0 spiro atoms. The van der Waals surface area contributed by atoms with Crippen LogP contribution in [0.4, 0.5) is 5.69 Å². The third-order valence-electron chi connectivity index (χ3n) is 7.66. The summed E-state index contributed by atoms with van der Waals surface area (Å²) in [5, 5.41) is 0. The maximum Gasteiger partial charge on any atom is 0.252 e. The number of fused-ring (bicyclic) bond motifs is 1. The molecule has 42 heavy (non-hydrogen) atoms. The molecular weight excluding hydrogens is 528 g/mol. The summed E-state index contributed by atoms with van der Waals surface area (Å²) in [6.07, 6.45) is 9.14. The van der Waals surface area contributed by atoms with Crippen molar-refractivity contribution >= 4 is 11.6 Å². The summed E-state index contributed by atoms with van der Waals surface area (Å²) in [6.45, 7) is 4.49. The van der Waals surface area contributed by atoms with Crippen LogP contribution in [0.2, 0.25) is 0 Å². The maximum atomic E-state index is 13.3. The summed E-state index contributed by atoms with van der Waals surface area (Å²) in [6, 6.07) is 16.6. The van der Waals surface area contributed by atoms with Crippen molar-refractivity contribution in [1.82, 2.24) is 14.8 Å². The number of carbonyl (C=O) groups is 1. The van der Waals surface area contributed by atoms with Crippen LogP contribution >= 0.6 is 0 Å². The standard InChI is InChI=1S/C34H46N4O4/c1-36(2)21-22-42-34-29(11-10-12-32(34)41-4)24-37-19-8-6-5-7-9-20-38(33(39)26-40-3)31-14-13-28(23-30(31)25-37)27-15-17-35-18-16-27/h10-18,23H,5-9,19-22,24-26H2,1-4H3. The zero-order valence-electron chi connectivity index (χ0n) is 25.7. The third kappa shape index (κ3) is 8.77. The highest BCUT2D eigenvalue weighted by atomic mass is 16.5. The van der Waals surface area contributed by atoms with E-state index in [1.165, 1.54) is 0 Å². The van der Waals surface area contributed by atoms with E-state index in [0.29, 0.717) is 26.2 Å². The summed E-state index contributed by atoms with van der Waals surface area (Å²) >= 11 is 0. The highest BCUT2D eigenvalue weighted by Crippen LogP contribution is 2.34. The largest absolute Gasteiger partial charge is 0.493 e. The number of rotatable bonds is 10. The van der Waals surface area contributed by atoms with Gasteiger partial charge in [-0.3, -0.25) is 14.7 Å². The van der Waals surface area contributed by atoms with Crippen LogP contribution in [0.5, 0.6) is 11.5 Å². The molecule has 0 fully saturated rings. The third-order valence-corrected chi connectivity index (χ3v) is 7.66. The van der Waals surface area contributed by atoms with Crippen LogP contribution in [0.1, 0.15) is 43.2 Å². The van der Waals surface area contributed by atoms with E-state index in [0.717, 1.165) is 84.6 Å². The Morgan fingerprint density at radius 3 is 2.43 bits per heavy atom. The SMILES string of the molecule is COCC(=O)N1CCCCCCCN(Cc2cccc(OC)c2OCCN(C)C)Cc2cc(-c3ccncc3)ccc21. The lowest BCUT2D eigenvalue weighted by Crippen LogP contribution is -2.36. The number of nitrogens with zero attached hydrogens (tertiary/aromatic N) is 4. The van der Waals surface area contributed by atoms with E-state index < -0.39 is 0 Å². The Hall–Kier alpha value is -3.46. The number of methoxy groups -OCH3 is 2. The van der Waals surface area contributed by atoms with Crippen molar-refractivity contribution in [2.24, 2.45) is 0 Å². The van der Waals surface area contributed by atoms with Crippen molar-refractivity contribution in [2.45, 2.75) is 45.2 Å². The number of para-hydroxylation sites is 1. The Morgan fingerprint density at radius 2 is 1.69 bits per heavy atom. The molecule has 0 radical (unpaired) electrons. The maximum absolute atomic E-state index is 13.3. The van der Waals surface area contributed by atoms with Crippen molar-refractivity contribution in [3.05, 3.63) is 72.1 Å².